The predicted molar refractivity (Wildman–Crippen MR) is 94.0 cm³/mol. The fourth-order valence-electron chi connectivity index (χ4n) is 2.96. The number of benzene rings is 1. The number of aromatic hydroxyl groups is 1. The van der Waals surface area contributed by atoms with Gasteiger partial charge in [-0.1, -0.05) is 0 Å². The first-order chi connectivity index (χ1) is 13.0. The predicted octanol–water partition coefficient (Wildman–Crippen LogP) is 0.559. The molecule has 0 spiro atoms. The lowest BCUT2D eigenvalue weighted by molar-refractivity contribution is -0.140. The number of carbonyl (C=O) groups excluding carboxylic acids is 2. The van der Waals surface area contributed by atoms with Crippen molar-refractivity contribution in [3.63, 3.8) is 0 Å². The number of hydrogen-bond acceptors (Lipinski definition) is 7. The maximum Gasteiger partial charge on any atom is 0.252 e. The fraction of sp³-hybridized carbons (Fsp3) is 0.333. The number of phenols is 1. The molecular weight excluding hydrogens is 352 g/mol. The molecule has 0 bridgehead atoms. The molecule has 27 heavy (non-hydrogen) atoms. The van der Waals surface area contributed by atoms with Crippen LogP contribution in [0.2, 0.25) is 0 Å². The molecule has 1 aromatic carbocycles. The Hall–Kier alpha value is -3.38. The molecule has 0 aliphatic carbocycles. The number of carbonyl (C=O) groups is 2. The number of aromatic nitrogens is 1. The molecule has 1 fully saturated rings. The van der Waals surface area contributed by atoms with Gasteiger partial charge in [0.2, 0.25) is 11.8 Å². The summed E-state index contributed by atoms with van der Waals surface area (Å²) in [5, 5.41) is 19.9. The highest BCUT2D eigenvalue weighted by molar-refractivity contribution is 6.01. The summed E-state index contributed by atoms with van der Waals surface area (Å²) >= 11 is 0. The minimum atomic E-state index is -0.736. The quantitative estimate of drug-likeness (QED) is 0.784. The Bertz CT molecular complexity index is 924. The molecule has 1 aliphatic heterocycles. The van der Waals surface area contributed by atoms with E-state index in [9.17, 15) is 14.7 Å². The Labute approximate surface area is 154 Å². The van der Waals surface area contributed by atoms with Gasteiger partial charge in [0.25, 0.3) is 5.91 Å². The summed E-state index contributed by atoms with van der Waals surface area (Å²) in [5.74, 6) is -1.03. The summed E-state index contributed by atoms with van der Waals surface area (Å²) in [6.07, 6.45) is 1.31. The molecule has 140 valence electrons. The van der Waals surface area contributed by atoms with E-state index in [1.807, 2.05) is 6.07 Å². The number of hydrogen-bond donors (Lipinski definition) is 2. The maximum atomic E-state index is 12.1. The average Bonchev–Trinajstić information content (AvgIpc) is 2.66. The lowest BCUT2D eigenvalue weighted by Crippen LogP contribution is -2.51. The lowest BCUT2D eigenvalue weighted by Gasteiger charge is -2.34. The number of ether oxygens (including phenoxy) is 2. The monoisotopic (exact) mass is 370 g/mol. The minimum absolute atomic E-state index is 0.00797. The van der Waals surface area contributed by atoms with Gasteiger partial charge in [0.05, 0.1) is 30.9 Å². The van der Waals surface area contributed by atoms with Crippen molar-refractivity contribution in [3.05, 3.63) is 30.0 Å². The summed E-state index contributed by atoms with van der Waals surface area (Å²) in [6, 6.07) is 6.00. The van der Waals surface area contributed by atoms with E-state index < -0.39 is 5.91 Å². The molecule has 1 atom stereocenters. The van der Waals surface area contributed by atoms with Crippen LogP contribution in [0.3, 0.4) is 0 Å². The number of rotatable bonds is 5. The third kappa shape index (κ3) is 3.91. The highest BCUT2D eigenvalue weighted by Gasteiger charge is 2.28. The van der Waals surface area contributed by atoms with Gasteiger partial charge < -0.3 is 25.2 Å². The van der Waals surface area contributed by atoms with Crippen molar-refractivity contribution in [1.82, 2.24) is 9.88 Å². The number of primary amides is 1. The number of pyridine rings is 1. The molecule has 2 aromatic rings. The number of nitrogens with zero attached hydrogens (tertiary/aromatic N) is 3. The molecule has 2 heterocycles. The minimum Gasteiger partial charge on any atom is -0.507 e. The largest absolute Gasteiger partial charge is 0.507 e. The average molecular weight is 370 g/mol. The van der Waals surface area contributed by atoms with Crippen molar-refractivity contribution in [2.45, 2.75) is 12.5 Å². The van der Waals surface area contributed by atoms with Gasteiger partial charge in [-0.25, -0.2) is 4.98 Å². The van der Waals surface area contributed by atoms with E-state index in [1.54, 1.807) is 11.0 Å². The molecule has 0 unspecified atom stereocenters. The zero-order valence-electron chi connectivity index (χ0n) is 14.4. The van der Waals surface area contributed by atoms with Crippen LogP contribution >= 0.6 is 0 Å². The van der Waals surface area contributed by atoms with Crippen molar-refractivity contribution >= 4 is 22.6 Å². The Balaban J connectivity index is 1.82. The number of morpholine rings is 1. The molecule has 0 saturated carbocycles. The summed E-state index contributed by atoms with van der Waals surface area (Å²) in [4.78, 5) is 29.2. The zero-order chi connectivity index (χ0) is 19.4. The third-order valence-corrected chi connectivity index (χ3v) is 4.30. The third-order valence-electron chi connectivity index (χ3n) is 4.30. The van der Waals surface area contributed by atoms with E-state index >= 15 is 0 Å². The van der Waals surface area contributed by atoms with Crippen molar-refractivity contribution < 1.29 is 24.2 Å². The van der Waals surface area contributed by atoms with E-state index in [4.69, 9.17) is 20.5 Å². The summed E-state index contributed by atoms with van der Waals surface area (Å²) in [7, 11) is 0. The number of nitrogens with two attached hydrogens (primary N) is 1. The van der Waals surface area contributed by atoms with Crippen molar-refractivity contribution in [2.24, 2.45) is 5.73 Å². The molecule has 0 radical (unpaired) electrons. The second kappa shape index (κ2) is 7.88. The Kier molecular flexibility index (Phi) is 5.38. The van der Waals surface area contributed by atoms with Gasteiger partial charge in [0.15, 0.2) is 0 Å². The Morgan fingerprint density at radius 1 is 1.48 bits per heavy atom. The maximum absolute atomic E-state index is 12.1. The number of nitriles is 1. The summed E-state index contributed by atoms with van der Waals surface area (Å²) in [6.45, 7) is 1.20. The highest BCUT2D eigenvalue weighted by atomic mass is 16.5. The van der Waals surface area contributed by atoms with Crippen LogP contribution in [0.25, 0.3) is 10.8 Å². The zero-order valence-corrected chi connectivity index (χ0v) is 14.4. The van der Waals surface area contributed by atoms with Crippen molar-refractivity contribution in [3.8, 4) is 17.7 Å². The molecule has 9 nitrogen and oxygen atoms in total. The van der Waals surface area contributed by atoms with Gasteiger partial charge in [-0.2, -0.15) is 5.26 Å². The van der Waals surface area contributed by atoms with Crippen LogP contribution < -0.4 is 10.5 Å². The summed E-state index contributed by atoms with van der Waals surface area (Å²) < 4.78 is 11.2. The fourth-order valence-corrected chi connectivity index (χ4v) is 2.96. The van der Waals surface area contributed by atoms with Gasteiger partial charge >= 0.3 is 0 Å². The standard InChI is InChI=1S/C18H18N4O5/c19-3-1-16(24)22-5-6-26-9-12(22)10-27-18-13-8-15(23)14(17(20)25)7-11(13)2-4-21-18/h2,4,7-8,12,23H,1,5-6,9-10H2,(H2,20,25)/t12-/m1/s1. The van der Waals surface area contributed by atoms with E-state index in [0.717, 1.165) is 0 Å². The van der Waals surface area contributed by atoms with Crippen molar-refractivity contribution in [2.75, 3.05) is 26.4 Å². The molecule has 3 N–H and O–H groups in total. The first-order valence-electron chi connectivity index (χ1n) is 8.29. The molecule has 1 aromatic heterocycles. The van der Waals surface area contributed by atoms with Gasteiger partial charge in [-0.3, -0.25) is 9.59 Å². The molecular formula is C18H18N4O5. The lowest BCUT2D eigenvalue weighted by atomic mass is 10.1. The smallest absolute Gasteiger partial charge is 0.252 e. The Morgan fingerprint density at radius 2 is 2.30 bits per heavy atom. The first-order valence-corrected chi connectivity index (χ1v) is 8.29. The normalized spacial score (nSPS) is 16.7. The van der Waals surface area contributed by atoms with Crippen LogP contribution in [0.5, 0.6) is 11.6 Å². The van der Waals surface area contributed by atoms with Crippen LogP contribution in [0.4, 0.5) is 0 Å². The van der Waals surface area contributed by atoms with E-state index in [0.29, 0.717) is 30.5 Å². The molecule has 2 amide bonds. The van der Waals surface area contributed by atoms with Crippen LogP contribution in [0.15, 0.2) is 24.4 Å². The van der Waals surface area contributed by atoms with E-state index in [2.05, 4.69) is 4.98 Å². The van der Waals surface area contributed by atoms with Gasteiger partial charge in [-0.15, -0.1) is 0 Å². The topological polar surface area (TPSA) is 139 Å². The van der Waals surface area contributed by atoms with Gasteiger partial charge in [0, 0.05) is 18.1 Å². The molecule has 1 saturated heterocycles. The van der Waals surface area contributed by atoms with E-state index in [1.165, 1.54) is 18.3 Å². The SMILES string of the molecule is N#CCC(=O)N1CCOC[C@@H]1COc1nccc2cc(C(N)=O)c(O)cc12. The first kappa shape index (κ1) is 18.4. The molecule has 1 aliphatic rings. The highest BCUT2D eigenvalue weighted by Crippen LogP contribution is 2.30. The molecule has 3 rings (SSSR count). The number of amides is 2. The van der Waals surface area contributed by atoms with Crippen LogP contribution in [0.1, 0.15) is 16.8 Å². The van der Waals surface area contributed by atoms with Crippen LogP contribution in [0, 0.1) is 11.3 Å². The summed E-state index contributed by atoms with van der Waals surface area (Å²) in [5.41, 5.74) is 5.26. The second-order valence-corrected chi connectivity index (χ2v) is 6.03. The van der Waals surface area contributed by atoms with E-state index in [-0.39, 0.29) is 42.2 Å². The van der Waals surface area contributed by atoms with Crippen molar-refractivity contribution in [1.29, 1.82) is 5.26 Å². The van der Waals surface area contributed by atoms with Crippen LogP contribution in [-0.4, -0.2) is 59.2 Å². The van der Waals surface area contributed by atoms with Crippen LogP contribution in [-0.2, 0) is 9.53 Å². The van der Waals surface area contributed by atoms with Gasteiger partial charge in [0.1, 0.15) is 18.8 Å². The van der Waals surface area contributed by atoms with Gasteiger partial charge in [-0.05, 0) is 23.6 Å². The Morgan fingerprint density at radius 3 is 3.04 bits per heavy atom. The molecule has 9 heteroatoms. The number of fused-ring (bicyclic) bond motifs is 1. The second-order valence-electron chi connectivity index (χ2n) is 6.03.